The first-order valence-electron chi connectivity index (χ1n) is 14.7. The van der Waals surface area contributed by atoms with Gasteiger partial charge in [-0.1, -0.05) is 90.9 Å². The summed E-state index contributed by atoms with van der Waals surface area (Å²) in [7, 11) is 0. The van der Waals surface area contributed by atoms with Gasteiger partial charge in [-0.2, -0.15) is 0 Å². The molecule has 0 aromatic carbocycles. The van der Waals surface area contributed by atoms with Crippen LogP contribution in [0.5, 0.6) is 0 Å². The molecule has 1 fully saturated rings. The van der Waals surface area contributed by atoms with Gasteiger partial charge in [0.25, 0.3) is 0 Å². The third-order valence-electron chi connectivity index (χ3n) is 7.35. The lowest BCUT2D eigenvalue weighted by molar-refractivity contribution is -0.177. The molecule has 9 nitrogen and oxygen atoms in total. The maximum atomic E-state index is 12.6. The van der Waals surface area contributed by atoms with Gasteiger partial charge >= 0.3 is 17.9 Å². The monoisotopic (exact) mass is 544 g/mol. The van der Waals surface area contributed by atoms with Gasteiger partial charge in [0.05, 0.1) is 25.6 Å². The van der Waals surface area contributed by atoms with Gasteiger partial charge in [-0.05, 0) is 25.7 Å². The van der Waals surface area contributed by atoms with Crippen LogP contribution >= 0.6 is 0 Å². The molecule has 0 aromatic heterocycles. The first-order chi connectivity index (χ1) is 18.2. The number of carboxylic acids is 2. The third-order valence-corrected chi connectivity index (χ3v) is 7.35. The van der Waals surface area contributed by atoms with Gasteiger partial charge < -0.3 is 29.5 Å². The van der Waals surface area contributed by atoms with Gasteiger partial charge in [-0.25, -0.2) is 4.79 Å². The molecule has 0 saturated carbocycles. The molecule has 2 unspecified atom stereocenters. The molecule has 0 bridgehead atoms. The zero-order valence-electron chi connectivity index (χ0n) is 23.7. The van der Waals surface area contributed by atoms with Crippen LogP contribution in [0.15, 0.2) is 0 Å². The third kappa shape index (κ3) is 14.4. The van der Waals surface area contributed by atoms with E-state index < -0.39 is 42.0 Å². The lowest BCUT2D eigenvalue weighted by Crippen LogP contribution is -2.45. The predicted molar refractivity (Wildman–Crippen MR) is 144 cm³/mol. The van der Waals surface area contributed by atoms with E-state index in [2.05, 4.69) is 13.8 Å². The van der Waals surface area contributed by atoms with Gasteiger partial charge in [-0.15, -0.1) is 0 Å². The van der Waals surface area contributed by atoms with E-state index in [0.29, 0.717) is 26.1 Å². The summed E-state index contributed by atoms with van der Waals surface area (Å²) in [6.07, 6.45) is 14.6. The standard InChI is InChI=1S/C29H52O9/c1-3-5-7-9-11-13-17-28(18-14-12-10-8-6-4-2,38-22-24-16-15-19-36-24)23-37-26(32)21-29(35,27(33)34)20-25(30)31/h24,35H,3-23H2,1-2H3,(H,30,31)(H,33,34). The largest absolute Gasteiger partial charge is 0.481 e. The molecule has 1 aliphatic rings. The van der Waals surface area contributed by atoms with E-state index in [4.69, 9.17) is 19.3 Å². The zero-order chi connectivity index (χ0) is 28.3. The molecular formula is C29H52O9. The Labute approximate surface area is 228 Å². The molecule has 3 N–H and O–H groups in total. The fourth-order valence-electron chi connectivity index (χ4n) is 4.92. The molecule has 38 heavy (non-hydrogen) atoms. The second-order valence-corrected chi connectivity index (χ2v) is 10.9. The van der Waals surface area contributed by atoms with Crippen molar-refractivity contribution in [2.75, 3.05) is 19.8 Å². The Balaban J connectivity index is 2.90. The van der Waals surface area contributed by atoms with Crippen molar-refractivity contribution in [2.24, 2.45) is 0 Å². The highest BCUT2D eigenvalue weighted by Crippen LogP contribution is 2.30. The average molecular weight is 545 g/mol. The Morgan fingerprint density at radius 3 is 1.87 bits per heavy atom. The van der Waals surface area contributed by atoms with E-state index in [-0.39, 0.29) is 12.7 Å². The van der Waals surface area contributed by atoms with Gasteiger partial charge in [0.1, 0.15) is 12.2 Å². The molecule has 1 saturated heterocycles. The summed E-state index contributed by atoms with van der Waals surface area (Å²) >= 11 is 0. The van der Waals surface area contributed by atoms with Crippen molar-refractivity contribution < 1.29 is 43.9 Å². The number of carbonyl (C=O) groups excluding carboxylic acids is 1. The number of esters is 1. The van der Waals surface area contributed by atoms with Gasteiger partial charge in [0, 0.05) is 6.61 Å². The number of hydrogen-bond acceptors (Lipinski definition) is 7. The van der Waals surface area contributed by atoms with Gasteiger partial charge in [0.15, 0.2) is 5.60 Å². The Bertz CT molecular complexity index is 659. The van der Waals surface area contributed by atoms with Crippen molar-refractivity contribution in [2.45, 2.75) is 147 Å². The molecule has 1 aliphatic heterocycles. The molecule has 0 aromatic rings. The summed E-state index contributed by atoms with van der Waals surface area (Å²) in [5, 5.41) is 28.6. The Morgan fingerprint density at radius 1 is 0.842 bits per heavy atom. The molecule has 0 amide bonds. The molecular weight excluding hydrogens is 492 g/mol. The van der Waals surface area contributed by atoms with Crippen LogP contribution in [0.25, 0.3) is 0 Å². The molecule has 1 heterocycles. The van der Waals surface area contributed by atoms with Crippen LogP contribution in [0, 0.1) is 0 Å². The highest BCUT2D eigenvalue weighted by molar-refractivity contribution is 5.88. The van der Waals surface area contributed by atoms with Crippen molar-refractivity contribution >= 4 is 17.9 Å². The van der Waals surface area contributed by atoms with E-state index >= 15 is 0 Å². The van der Waals surface area contributed by atoms with Crippen molar-refractivity contribution in [3.05, 3.63) is 0 Å². The van der Waals surface area contributed by atoms with Crippen LogP contribution < -0.4 is 0 Å². The van der Waals surface area contributed by atoms with Crippen LogP contribution in [0.4, 0.5) is 0 Å². The maximum Gasteiger partial charge on any atom is 0.336 e. The minimum absolute atomic E-state index is 0.00635. The number of carbonyl (C=O) groups is 3. The normalized spacial score (nSPS) is 17.3. The summed E-state index contributed by atoms with van der Waals surface area (Å²) in [4.78, 5) is 35.2. The van der Waals surface area contributed by atoms with Crippen LogP contribution in [0.3, 0.4) is 0 Å². The van der Waals surface area contributed by atoms with E-state index in [0.717, 1.165) is 51.4 Å². The number of aliphatic hydroxyl groups is 1. The molecule has 1 rings (SSSR count). The summed E-state index contributed by atoms with van der Waals surface area (Å²) in [5.74, 6) is -4.23. The molecule has 0 aliphatic carbocycles. The summed E-state index contributed by atoms with van der Waals surface area (Å²) < 4.78 is 17.8. The molecule has 0 radical (unpaired) electrons. The minimum atomic E-state index is -2.72. The number of ether oxygens (including phenoxy) is 3. The Morgan fingerprint density at radius 2 is 1.39 bits per heavy atom. The molecule has 2 atom stereocenters. The summed E-state index contributed by atoms with van der Waals surface area (Å²) in [5.41, 5.74) is -3.45. The van der Waals surface area contributed by atoms with Crippen molar-refractivity contribution in [1.29, 1.82) is 0 Å². The summed E-state index contributed by atoms with van der Waals surface area (Å²) in [6, 6.07) is 0. The fourth-order valence-corrected chi connectivity index (χ4v) is 4.92. The number of hydrogen-bond donors (Lipinski definition) is 3. The minimum Gasteiger partial charge on any atom is -0.481 e. The number of rotatable bonds is 24. The fraction of sp³-hybridized carbons (Fsp3) is 0.897. The number of carboxylic acid groups (broad SMARTS) is 2. The van der Waals surface area contributed by atoms with E-state index in [1.54, 1.807) is 0 Å². The Kier molecular flexibility index (Phi) is 17.5. The molecule has 222 valence electrons. The topological polar surface area (TPSA) is 140 Å². The average Bonchev–Trinajstić information content (AvgIpc) is 3.39. The van der Waals surface area contributed by atoms with Gasteiger partial charge in [0.2, 0.25) is 0 Å². The SMILES string of the molecule is CCCCCCCCC(CCCCCCCC)(COC(=O)CC(O)(CC(=O)O)C(=O)O)OCC1CCCO1. The number of aliphatic carboxylic acids is 2. The van der Waals surface area contributed by atoms with E-state index in [1.165, 1.54) is 38.5 Å². The van der Waals surface area contributed by atoms with Crippen LogP contribution in [0.2, 0.25) is 0 Å². The van der Waals surface area contributed by atoms with E-state index in [1.807, 2.05) is 0 Å². The molecule has 9 heteroatoms. The lowest BCUT2D eigenvalue weighted by atomic mass is 9.89. The lowest BCUT2D eigenvalue weighted by Gasteiger charge is -2.35. The highest BCUT2D eigenvalue weighted by atomic mass is 16.6. The van der Waals surface area contributed by atoms with Crippen LogP contribution in [-0.4, -0.2) is 70.4 Å². The quantitative estimate of drug-likeness (QED) is 0.104. The maximum absolute atomic E-state index is 12.6. The summed E-state index contributed by atoms with van der Waals surface area (Å²) in [6.45, 7) is 5.41. The highest BCUT2D eigenvalue weighted by Gasteiger charge is 2.42. The van der Waals surface area contributed by atoms with Gasteiger partial charge in [-0.3, -0.25) is 9.59 Å². The second-order valence-electron chi connectivity index (χ2n) is 10.9. The second kappa shape index (κ2) is 19.4. The number of unbranched alkanes of at least 4 members (excludes halogenated alkanes) is 10. The zero-order valence-corrected chi connectivity index (χ0v) is 23.7. The van der Waals surface area contributed by atoms with Crippen LogP contribution in [0.1, 0.15) is 129 Å². The Hall–Kier alpha value is -1.71. The first-order valence-corrected chi connectivity index (χ1v) is 14.7. The van der Waals surface area contributed by atoms with Crippen molar-refractivity contribution in [1.82, 2.24) is 0 Å². The van der Waals surface area contributed by atoms with E-state index in [9.17, 15) is 24.6 Å². The van der Waals surface area contributed by atoms with Crippen LogP contribution in [-0.2, 0) is 28.6 Å². The predicted octanol–water partition coefficient (Wildman–Crippen LogP) is 5.65. The first kappa shape index (κ1) is 34.3. The molecule has 0 spiro atoms. The van der Waals surface area contributed by atoms with Crippen molar-refractivity contribution in [3.8, 4) is 0 Å². The smallest absolute Gasteiger partial charge is 0.336 e. The van der Waals surface area contributed by atoms with Crippen molar-refractivity contribution in [3.63, 3.8) is 0 Å².